The van der Waals surface area contributed by atoms with Crippen LogP contribution in [0.15, 0.2) is 41.9 Å². The molecule has 0 aliphatic rings. The fourth-order valence-electron chi connectivity index (χ4n) is 1.88. The van der Waals surface area contributed by atoms with Gasteiger partial charge >= 0.3 is 0 Å². The molecule has 1 aromatic carbocycles. The minimum Gasteiger partial charge on any atom is -0.377 e. The molecule has 1 aromatic heterocycles. The van der Waals surface area contributed by atoms with Crippen LogP contribution in [-0.2, 0) is 11.3 Å². The van der Waals surface area contributed by atoms with Gasteiger partial charge in [0.05, 0.1) is 11.3 Å². The normalized spacial score (nSPS) is 12.3. The summed E-state index contributed by atoms with van der Waals surface area (Å²) in [6.07, 6.45) is 3.20. The van der Waals surface area contributed by atoms with Gasteiger partial charge in [0, 0.05) is 27.2 Å². The zero-order chi connectivity index (χ0) is 16.7. The van der Waals surface area contributed by atoms with Gasteiger partial charge in [-0.2, -0.15) is 5.10 Å². The van der Waals surface area contributed by atoms with E-state index in [4.69, 9.17) is 4.74 Å². The first-order valence-electron chi connectivity index (χ1n) is 7.48. The number of benzene rings is 1. The molecule has 1 heterocycles. The van der Waals surface area contributed by atoms with Crippen molar-refractivity contribution in [2.75, 3.05) is 20.7 Å². The van der Waals surface area contributed by atoms with Gasteiger partial charge in [-0.1, -0.05) is 12.1 Å². The maximum atomic E-state index is 5.39. The van der Waals surface area contributed by atoms with Gasteiger partial charge < -0.3 is 15.4 Å². The van der Waals surface area contributed by atoms with Gasteiger partial charge in [0.2, 0.25) is 0 Å². The van der Waals surface area contributed by atoms with Crippen molar-refractivity contribution in [2.24, 2.45) is 4.99 Å². The minimum absolute atomic E-state index is 0.239. The monoisotopic (exact) mass is 316 g/mol. The van der Waals surface area contributed by atoms with E-state index >= 15 is 0 Å². The summed E-state index contributed by atoms with van der Waals surface area (Å²) >= 11 is 0. The molecule has 0 amide bonds. The van der Waals surface area contributed by atoms with Crippen molar-refractivity contribution in [3.63, 3.8) is 0 Å². The number of ether oxygens (including phenoxy) is 1. The van der Waals surface area contributed by atoms with E-state index in [2.05, 4.69) is 37.8 Å². The Morgan fingerprint density at radius 2 is 2.00 bits per heavy atom. The molecule has 0 fully saturated rings. The Morgan fingerprint density at radius 3 is 2.57 bits per heavy atom. The summed E-state index contributed by atoms with van der Waals surface area (Å²) in [5.74, 6) is 0.746. The first kappa shape index (κ1) is 17.0. The Morgan fingerprint density at radius 1 is 1.26 bits per heavy atom. The van der Waals surface area contributed by atoms with Crippen LogP contribution in [0.4, 0.5) is 0 Å². The van der Waals surface area contributed by atoms with Gasteiger partial charge in [0.25, 0.3) is 0 Å². The zero-order valence-corrected chi connectivity index (χ0v) is 14.1. The van der Waals surface area contributed by atoms with Crippen molar-refractivity contribution in [2.45, 2.75) is 26.0 Å². The summed E-state index contributed by atoms with van der Waals surface area (Å²) in [7, 11) is 3.46. The van der Waals surface area contributed by atoms with E-state index in [0.717, 1.165) is 17.2 Å². The predicted octanol–water partition coefficient (Wildman–Crippen LogP) is 1.36. The average molecular weight is 316 g/mol. The van der Waals surface area contributed by atoms with Crippen LogP contribution in [0.3, 0.4) is 0 Å². The smallest absolute Gasteiger partial charge is 0.191 e. The number of methoxy groups -OCH3 is 1. The first-order valence-corrected chi connectivity index (χ1v) is 7.48. The summed E-state index contributed by atoms with van der Waals surface area (Å²) in [6.45, 7) is 5.41. The van der Waals surface area contributed by atoms with E-state index in [-0.39, 0.29) is 5.60 Å². The van der Waals surface area contributed by atoms with E-state index in [1.165, 1.54) is 6.33 Å². The van der Waals surface area contributed by atoms with Gasteiger partial charge in [-0.15, -0.1) is 0 Å². The second kappa shape index (κ2) is 7.73. The molecule has 2 N–H and O–H groups in total. The van der Waals surface area contributed by atoms with Crippen molar-refractivity contribution < 1.29 is 4.74 Å². The van der Waals surface area contributed by atoms with Gasteiger partial charge in [0.1, 0.15) is 12.7 Å². The molecule has 0 bridgehead atoms. The Labute approximate surface area is 136 Å². The standard InChI is InChI=1S/C16H24N6O/c1-16(2,23-4)10-20-15(17-3)19-9-13-5-7-14(8-6-13)22-12-18-11-21-22/h5-8,11-12H,9-10H2,1-4H3,(H2,17,19,20). The molecule has 23 heavy (non-hydrogen) atoms. The third-order valence-corrected chi connectivity index (χ3v) is 3.54. The van der Waals surface area contributed by atoms with Crippen molar-refractivity contribution in [1.82, 2.24) is 25.4 Å². The van der Waals surface area contributed by atoms with Gasteiger partial charge in [-0.25, -0.2) is 9.67 Å². The Hall–Kier alpha value is -2.41. The van der Waals surface area contributed by atoms with E-state index in [1.807, 2.05) is 26.0 Å². The summed E-state index contributed by atoms with van der Waals surface area (Å²) in [5, 5.41) is 10.6. The highest BCUT2D eigenvalue weighted by molar-refractivity contribution is 5.79. The summed E-state index contributed by atoms with van der Waals surface area (Å²) in [4.78, 5) is 8.16. The molecule has 0 spiro atoms. The molecule has 0 aliphatic carbocycles. The lowest BCUT2D eigenvalue weighted by atomic mass is 10.1. The molecule has 124 valence electrons. The van der Waals surface area contributed by atoms with E-state index in [1.54, 1.807) is 25.2 Å². The molecule has 2 aromatic rings. The highest BCUT2D eigenvalue weighted by Gasteiger charge is 2.16. The maximum Gasteiger partial charge on any atom is 0.191 e. The zero-order valence-electron chi connectivity index (χ0n) is 14.1. The molecular formula is C16H24N6O. The fraction of sp³-hybridized carbons (Fsp3) is 0.438. The number of aliphatic imine (C=N–C) groups is 1. The number of aromatic nitrogens is 3. The third kappa shape index (κ3) is 5.07. The van der Waals surface area contributed by atoms with Crippen molar-refractivity contribution >= 4 is 5.96 Å². The number of rotatable bonds is 6. The number of hydrogen-bond donors (Lipinski definition) is 2. The number of nitrogens with one attached hydrogen (secondary N) is 2. The van der Waals surface area contributed by atoms with Crippen LogP contribution >= 0.6 is 0 Å². The lowest BCUT2D eigenvalue weighted by Crippen LogP contribution is -2.45. The Balaban J connectivity index is 1.87. The maximum absolute atomic E-state index is 5.39. The minimum atomic E-state index is -0.239. The summed E-state index contributed by atoms with van der Waals surface area (Å²) in [6, 6.07) is 8.12. The second-order valence-corrected chi connectivity index (χ2v) is 5.75. The van der Waals surface area contributed by atoms with Crippen LogP contribution in [0.2, 0.25) is 0 Å². The lowest BCUT2D eigenvalue weighted by Gasteiger charge is -2.24. The lowest BCUT2D eigenvalue weighted by molar-refractivity contribution is 0.0268. The molecule has 2 rings (SSSR count). The number of hydrogen-bond acceptors (Lipinski definition) is 4. The van der Waals surface area contributed by atoms with E-state index in [0.29, 0.717) is 13.1 Å². The van der Waals surface area contributed by atoms with Crippen LogP contribution in [0.25, 0.3) is 5.69 Å². The topological polar surface area (TPSA) is 76.4 Å². The quantitative estimate of drug-likeness (QED) is 0.621. The molecule has 0 radical (unpaired) electrons. The first-order chi connectivity index (χ1) is 11.0. The van der Waals surface area contributed by atoms with Crippen molar-refractivity contribution in [1.29, 1.82) is 0 Å². The van der Waals surface area contributed by atoms with Crippen LogP contribution in [0.1, 0.15) is 19.4 Å². The number of guanidine groups is 1. The van der Waals surface area contributed by atoms with Gasteiger partial charge in [-0.3, -0.25) is 4.99 Å². The van der Waals surface area contributed by atoms with E-state index < -0.39 is 0 Å². The van der Waals surface area contributed by atoms with Crippen LogP contribution in [-0.4, -0.2) is 47.0 Å². The summed E-state index contributed by atoms with van der Waals surface area (Å²) < 4.78 is 7.11. The van der Waals surface area contributed by atoms with Crippen LogP contribution < -0.4 is 10.6 Å². The molecule has 0 aliphatic heterocycles. The van der Waals surface area contributed by atoms with Crippen molar-refractivity contribution in [3.05, 3.63) is 42.5 Å². The molecular weight excluding hydrogens is 292 g/mol. The second-order valence-electron chi connectivity index (χ2n) is 5.75. The molecule has 0 saturated carbocycles. The third-order valence-electron chi connectivity index (χ3n) is 3.54. The molecule has 0 unspecified atom stereocenters. The predicted molar refractivity (Wildman–Crippen MR) is 90.6 cm³/mol. The SMILES string of the molecule is CN=C(NCc1ccc(-n2cncn2)cc1)NCC(C)(C)OC. The highest BCUT2D eigenvalue weighted by atomic mass is 16.5. The number of nitrogens with zero attached hydrogens (tertiary/aromatic N) is 4. The van der Waals surface area contributed by atoms with Crippen molar-refractivity contribution in [3.8, 4) is 5.69 Å². The van der Waals surface area contributed by atoms with E-state index in [9.17, 15) is 0 Å². The Kier molecular flexibility index (Phi) is 5.70. The highest BCUT2D eigenvalue weighted by Crippen LogP contribution is 2.08. The van der Waals surface area contributed by atoms with Gasteiger partial charge in [-0.05, 0) is 31.5 Å². The molecule has 0 saturated heterocycles. The van der Waals surface area contributed by atoms with Gasteiger partial charge in [0.15, 0.2) is 5.96 Å². The Bertz CT molecular complexity index is 619. The molecule has 0 atom stereocenters. The average Bonchev–Trinajstić information content (AvgIpc) is 3.10. The summed E-state index contributed by atoms with van der Waals surface area (Å²) in [5.41, 5.74) is 1.90. The molecule has 7 heteroatoms. The fourth-order valence-corrected chi connectivity index (χ4v) is 1.88. The largest absolute Gasteiger partial charge is 0.377 e. The van der Waals surface area contributed by atoms with Crippen LogP contribution in [0.5, 0.6) is 0 Å². The molecule has 7 nitrogen and oxygen atoms in total. The van der Waals surface area contributed by atoms with Crippen LogP contribution in [0, 0.1) is 0 Å².